The van der Waals surface area contributed by atoms with Gasteiger partial charge in [0.2, 0.25) is 0 Å². The maximum atomic E-state index is 6.14. The number of halogens is 2. The van der Waals surface area contributed by atoms with Gasteiger partial charge in [0.05, 0.1) is 12.1 Å². The molecule has 0 amide bonds. The second-order valence-corrected chi connectivity index (χ2v) is 6.51. The zero-order chi connectivity index (χ0) is 15.4. The molecule has 0 aromatic heterocycles. The lowest BCUT2D eigenvalue weighted by molar-refractivity contribution is 0.242. The van der Waals surface area contributed by atoms with Gasteiger partial charge < -0.3 is 10.1 Å². The summed E-state index contributed by atoms with van der Waals surface area (Å²) in [6.45, 7) is 4.04. The van der Waals surface area contributed by atoms with Crippen LogP contribution in [0.2, 0.25) is 5.02 Å². The summed E-state index contributed by atoms with van der Waals surface area (Å²) in [5, 5.41) is 4.05. The molecule has 0 aliphatic carbocycles. The zero-order valence-electron chi connectivity index (χ0n) is 12.4. The number of benzene rings is 2. The van der Waals surface area contributed by atoms with Crippen LogP contribution in [0.5, 0.6) is 5.75 Å². The van der Waals surface area contributed by atoms with Gasteiger partial charge in [-0.3, -0.25) is 0 Å². The lowest BCUT2D eigenvalue weighted by Crippen LogP contribution is -2.17. The number of rotatable bonds is 5. The Balaban J connectivity index is 2.28. The average Bonchev–Trinajstić information content (AvgIpc) is 2.40. The molecule has 1 unspecified atom stereocenters. The van der Waals surface area contributed by atoms with Crippen molar-refractivity contribution in [1.82, 2.24) is 5.32 Å². The van der Waals surface area contributed by atoms with Crippen molar-refractivity contribution in [3.8, 4) is 5.75 Å². The molecule has 4 heteroatoms. The second kappa shape index (κ2) is 7.30. The van der Waals surface area contributed by atoms with E-state index in [1.54, 1.807) is 0 Å². The van der Waals surface area contributed by atoms with Gasteiger partial charge in [0.25, 0.3) is 0 Å². The van der Waals surface area contributed by atoms with E-state index in [0.29, 0.717) is 0 Å². The molecule has 0 heterocycles. The Morgan fingerprint density at radius 1 is 1.05 bits per heavy atom. The molecule has 1 N–H and O–H groups in total. The van der Waals surface area contributed by atoms with Crippen molar-refractivity contribution in [2.24, 2.45) is 0 Å². The molecule has 112 valence electrons. The van der Waals surface area contributed by atoms with Gasteiger partial charge in [0, 0.05) is 9.50 Å². The van der Waals surface area contributed by atoms with Gasteiger partial charge in [0.15, 0.2) is 0 Å². The zero-order valence-corrected chi connectivity index (χ0v) is 14.7. The fourth-order valence-corrected chi connectivity index (χ4v) is 3.16. The topological polar surface area (TPSA) is 21.3 Å². The number of hydrogen-bond donors (Lipinski definition) is 1. The maximum absolute atomic E-state index is 6.14. The first kappa shape index (κ1) is 16.3. The summed E-state index contributed by atoms with van der Waals surface area (Å²) in [6, 6.07) is 14.2. The number of ether oxygens (including phenoxy) is 1. The number of nitrogens with one attached hydrogen (secondary N) is 1. The third-order valence-corrected chi connectivity index (χ3v) is 3.77. The molecule has 0 spiro atoms. The minimum Gasteiger partial charge on any atom is -0.491 e. The predicted molar refractivity (Wildman–Crippen MR) is 92.3 cm³/mol. The highest BCUT2D eigenvalue weighted by Gasteiger charge is 2.13. The Hall–Kier alpha value is -1.03. The molecule has 0 aliphatic heterocycles. The predicted octanol–water partition coefficient (Wildman–Crippen LogP) is 5.20. The van der Waals surface area contributed by atoms with Gasteiger partial charge in [-0.25, -0.2) is 0 Å². The summed E-state index contributed by atoms with van der Waals surface area (Å²) in [5.41, 5.74) is 2.29. The van der Waals surface area contributed by atoms with Crippen LogP contribution in [0.25, 0.3) is 0 Å². The number of hydrogen-bond acceptors (Lipinski definition) is 2. The van der Waals surface area contributed by atoms with Gasteiger partial charge in [-0.2, -0.15) is 0 Å². The first-order valence-electron chi connectivity index (χ1n) is 6.89. The van der Waals surface area contributed by atoms with E-state index in [4.69, 9.17) is 16.3 Å². The van der Waals surface area contributed by atoms with Crippen LogP contribution >= 0.6 is 27.5 Å². The molecule has 2 nitrogen and oxygen atoms in total. The van der Waals surface area contributed by atoms with Crippen molar-refractivity contribution < 1.29 is 4.74 Å². The molecular formula is C17H19BrClNO. The van der Waals surface area contributed by atoms with E-state index < -0.39 is 0 Å². The molecular weight excluding hydrogens is 350 g/mol. The summed E-state index contributed by atoms with van der Waals surface area (Å²) in [7, 11) is 1.94. The standard InChI is InChI=1S/C17H19BrClNO/c1-11(2)21-16-6-4-12(5-7-16)17(20-3)13-8-14(18)10-15(19)9-13/h4-11,17,20H,1-3H3. The van der Waals surface area contributed by atoms with Crippen LogP contribution < -0.4 is 10.1 Å². The molecule has 2 aromatic rings. The minimum atomic E-state index is 0.0908. The van der Waals surface area contributed by atoms with Crippen LogP contribution in [0.3, 0.4) is 0 Å². The highest BCUT2D eigenvalue weighted by molar-refractivity contribution is 9.10. The molecule has 0 aliphatic rings. The van der Waals surface area contributed by atoms with E-state index in [2.05, 4.69) is 39.4 Å². The summed E-state index contributed by atoms with van der Waals surface area (Å²) < 4.78 is 6.65. The van der Waals surface area contributed by atoms with E-state index in [1.165, 1.54) is 5.56 Å². The van der Waals surface area contributed by atoms with E-state index >= 15 is 0 Å². The lowest BCUT2D eigenvalue weighted by atomic mass is 9.99. The summed E-state index contributed by atoms with van der Waals surface area (Å²) in [4.78, 5) is 0. The van der Waals surface area contributed by atoms with Gasteiger partial charge in [-0.05, 0) is 62.4 Å². The highest BCUT2D eigenvalue weighted by Crippen LogP contribution is 2.29. The van der Waals surface area contributed by atoms with E-state index in [0.717, 1.165) is 20.8 Å². The molecule has 0 saturated carbocycles. The van der Waals surface area contributed by atoms with Gasteiger partial charge in [-0.15, -0.1) is 0 Å². The molecule has 1 atom stereocenters. The molecule has 21 heavy (non-hydrogen) atoms. The van der Waals surface area contributed by atoms with Crippen molar-refractivity contribution >= 4 is 27.5 Å². The lowest BCUT2D eigenvalue weighted by Gasteiger charge is -2.19. The summed E-state index contributed by atoms with van der Waals surface area (Å²) >= 11 is 9.63. The Kier molecular flexibility index (Phi) is 5.68. The van der Waals surface area contributed by atoms with Gasteiger partial charge in [-0.1, -0.05) is 39.7 Å². The van der Waals surface area contributed by atoms with Crippen molar-refractivity contribution in [2.75, 3.05) is 7.05 Å². The summed E-state index contributed by atoms with van der Waals surface area (Å²) in [6.07, 6.45) is 0.180. The van der Waals surface area contributed by atoms with Crippen molar-refractivity contribution in [3.63, 3.8) is 0 Å². The van der Waals surface area contributed by atoms with Gasteiger partial charge in [0.1, 0.15) is 5.75 Å². The second-order valence-electron chi connectivity index (χ2n) is 5.16. The smallest absolute Gasteiger partial charge is 0.119 e. The molecule has 2 rings (SSSR count). The van der Waals surface area contributed by atoms with Crippen molar-refractivity contribution in [1.29, 1.82) is 0 Å². The van der Waals surface area contributed by atoms with Crippen molar-refractivity contribution in [3.05, 3.63) is 63.1 Å². The SMILES string of the molecule is CNC(c1ccc(OC(C)C)cc1)c1cc(Cl)cc(Br)c1. The molecule has 0 fully saturated rings. The van der Waals surface area contributed by atoms with E-state index in [1.807, 2.05) is 45.2 Å². The van der Waals surface area contributed by atoms with Crippen LogP contribution in [-0.4, -0.2) is 13.2 Å². The normalized spacial score (nSPS) is 12.5. The van der Waals surface area contributed by atoms with E-state index in [-0.39, 0.29) is 12.1 Å². The molecule has 0 saturated heterocycles. The van der Waals surface area contributed by atoms with Crippen molar-refractivity contribution in [2.45, 2.75) is 26.0 Å². The fourth-order valence-electron chi connectivity index (χ4n) is 2.28. The maximum Gasteiger partial charge on any atom is 0.119 e. The average molecular weight is 369 g/mol. The Morgan fingerprint density at radius 2 is 1.71 bits per heavy atom. The van der Waals surface area contributed by atoms with Crippen LogP contribution in [-0.2, 0) is 0 Å². The summed E-state index contributed by atoms with van der Waals surface area (Å²) in [5.74, 6) is 0.885. The van der Waals surface area contributed by atoms with Crippen LogP contribution in [0.1, 0.15) is 31.0 Å². The fraction of sp³-hybridized carbons (Fsp3) is 0.294. The highest BCUT2D eigenvalue weighted by atomic mass is 79.9. The minimum absolute atomic E-state index is 0.0908. The Morgan fingerprint density at radius 3 is 2.24 bits per heavy atom. The Bertz CT molecular complexity index is 578. The first-order chi connectivity index (χ1) is 9.99. The first-order valence-corrected chi connectivity index (χ1v) is 8.06. The molecule has 0 bridgehead atoms. The van der Waals surface area contributed by atoms with Crippen LogP contribution in [0.15, 0.2) is 46.9 Å². The monoisotopic (exact) mass is 367 g/mol. The Labute approximate surface area is 139 Å². The van der Waals surface area contributed by atoms with Crippen LogP contribution in [0, 0.1) is 0 Å². The molecule has 0 radical (unpaired) electrons. The largest absolute Gasteiger partial charge is 0.491 e. The molecule has 2 aromatic carbocycles. The third kappa shape index (κ3) is 4.47. The van der Waals surface area contributed by atoms with Crippen LogP contribution in [0.4, 0.5) is 0 Å². The van der Waals surface area contributed by atoms with Gasteiger partial charge >= 0.3 is 0 Å². The third-order valence-electron chi connectivity index (χ3n) is 3.09. The quantitative estimate of drug-likeness (QED) is 0.783. The van der Waals surface area contributed by atoms with E-state index in [9.17, 15) is 0 Å².